The summed E-state index contributed by atoms with van der Waals surface area (Å²) < 4.78 is 0. The first-order valence-electron chi connectivity index (χ1n) is 9.96. The highest BCUT2D eigenvalue weighted by Crippen LogP contribution is 2.33. The maximum absolute atomic E-state index is 12.8. The van der Waals surface area contributed by atoms with Gasteiger partial charge in [-0.3, -0.25) is 4.79 Å². The first-order chi connectivity index (χ1) is 14.3. The molecule has 0 bridgehead atoms. The van der Waals surface area contributed by atoms with Crippen LogP contribution in [0.3, 0.4) is 0 Å². The first kappa shape index (κ1) is 18.5. The summed E-state index contributed by atoms with van der Waals surface area (Å²) in [6, 6.07) is 10.1. The van der Waals surface area contributed by atoms with Crippen LogP contribution in [-0.2, 0) is 0 Å². The molecule has 29 heavy (non-hydrogen) atoms. The smallest absolute Gasteiger partial charge is 0.251 e. The summed E-state index contributed by atoms with van der Waals surface area (Å²) in [5.74, 6) is -0.0143. The number of benzene rings is 1. The van der Waals surface area contributed by atoms with Gasteiger partial charge in [-0.2, -0.15) is 22.7 Å². The Morgan fingerprint density at radius 2 is 1.52 bits per heavy atom. The van der Waals surface area contributed by atoms with Gasteiger partial charge in [0.25, 0.3) is 5.91 Å². The van der Waals surface area contributed by atoms with Crippen LogP contribution < -0.4 is 5.32 Å². The molecule has 1 N–H and O–H groups in total. The molecule has 0 radical (unpaired) electrons. The van der Waals surface area contributed by atoms with Gasteiger partial charge in [-0.15, -0.1) is 0 Å². The molecular formula is C23H21N3OS2. The standard InChI is InChI=1S/C23H21N3OS2/c27-23(24-18-4-2-1-3-5-18)15-6-7-19-20(12-15)26-22(17-9-11-29-14-17)21(25-19)16-8-10-28-13-16/h6-14,18H,1-5H2,(H,24,27). The Morgan fingerprint density at radius 3 is 2.14 bits per heavy atom. The normalized spacial score (nSPS) is 14.9. The van der Waals surface area contributed by atoms with Gasteiger partial charge in [0.2, 0.25) is 0 Å². The van der Waals surface area contributed by atoms with Crippen LogP contribution in [0, 0.1) is 0 Å². The monoisotopic (exact) mass is 419 g/mol. The fourth-order valence-corrected chi connectivity index (χ4v) is 5.19. The molecule has 1 fully saturated rings. The van der Waals surface area contributed by atoms with E-state index in [0.717, 1.165) is 46.4 Å². The molecule has 0 saturated heterocycles. The van der Waals surface area contributed by atoms with E-state index in [1.54, 1.807) is 22.7 Å². The molecule has 146 valence electrons. The van der Waals surface area contributed by atoms with Crippen LogP contribution in [0.4, 0.5) is 0 Å². The van der Waals surface area contributed by atoms with E-state index in [9.17, 15) is 4.79 Å². The Labute approximate surface area is 177 Å². The minimum atomic E-state index is -0.0143. The Balaban J connectivity index is 1.54. The van der Waals surface area contributed by atoms with Gasteiger partial charge in [0.15, 0.2) is 0 Å². The number of amides is 1. The summed E-state index contributed by atoms with van der Waals surface area (Å²) in [6.07, 6.45) is 5.82. The molecule has 4 nitrogen and oxygen atoms in total. The summed E-state index contributed by atoms with van der Waals surface area (Å²) in [4.78, 5) is 22.6. The number of hydrogen-bond donors (Lipinski definition) is 1. The second-order valence-corrected chi connectivity index (χ2v) is 9.02. The number of hydrogen-bond acceptors (Lipinski definition) is 5. The van der Waals surface area contributed by atoms with Crippen molar-refractivity contribution in [2.24, 2.45) is 0 Å². The Hall–Kier alpha value is -2.57. The average molecular weight is 420 g/mol. The van der Waals surface area contributed by atoms with Crippen LogP contribution in [-0.4, -0.2) is 21.9 Å². The molecule has 0 atom stereocenters. The Kier molecular flexibility index (Phi) is 5.12. The lowest BCUT2D eigenvalue weighted by Gasteiger charge is -2.22. The number of carbonyl (C=O) groups excluding carboxylic acids is 1. The van der Waals surface area contributed by atoms with E-state index in [2.05, 4.69) is 33.6 Å². The van der Waals surface area contributed by atoms with E-state index in [-0.39, 0.29) is 5.91 Å². The van der Waals surface area contributed by atoms with Gasteiger partial charge >= 0.3 is 0 Å². The van der Waals surface area contributed by atoms with Gasteiger partial charge in [0.05, 0.1) is 22.4 Å². The highest BCUT2D eigenvalue weighted by Gasteiger charge is 2.18. The summed E-state index contributed by atoms with van der Waals surface area (Å²) in [7, 11) is 0. The predicted molar refractivity (Wildman–Crippen MR) is 121 cm³/mol. The fraction of sp³-hybridized carbons (Fsp3) is 0.261. The summed E-state index contributed by atoms with van der Waals surface area (Å²) in [5.41, 5.74) is 6.09. The van der Waals surface area contributed by atoms with E-state index in [1.807, 2.05) is 23.6 Å². The van der Waals surface area contributed by atoms with Gasteiger partial charge in [-0.05, 0) is 53.9 Å². The number of aromatic nitrogens is 2. The zero-order valence-electron chi connectivity index (χ0n) is 15.9. The first-order valence-corrected chi connectivity index (χ1v) is 11.8. The van der Waals surface area contributed by atoms with E-state index >= 15 is 0 Å². The SMILES string of the molecule is O=C(NC1CCCCC1)c1ccc2nc(-c3ccsc3)c(-c3ccsc3)nc2c1. The zero-order chi connectivity index (χ0) is 19.6. The molecule has 5 rings (SSSR count). The molecule has 1 aliphatic rings. The van der Waals surface area contributed by atoms with E-state index < -0.39 is 0 Å². The lowest BCUT2D eigenvalue weighted by atomic mass is 9.95. The Morgan fingerprint density at radius 1 is 0.862 bits per heavy atom. The maximum atomic E-state index is 12.8. The molecule has 3 heterocycles. The quantitative estimate of drug-likeness (QED) is 0.432. The molecule has 1 aliphatic carbocycles. The van der Waals surface area contributed by atoms with E-state index in [1.165, 1.54) is 19.3 Å². The molecule has 0 unspecified atom stereocenters. The summed E-state index contributed by atoms with van der Waals surface area (Å²) in [6.45, 7) is 0. The highest BCUT2D eigenvalue weighted by molar-refractivity contribution is 7.08. The van der Waals surface area contributed by atoms with Crippen molar-refractivity contribution >= 4 is 39.6 Å². The van der Waals surface area contributed by atoms with Crippen molar-refractivity contribution in [1.29, 1.82) is 0 Å². The maximum Gasteiger partial charge on any atom is 0.251 e. The number of nitrogens with zero attached hydrogens (tertiary/aromatic N) is 2. The van der Waals surface area contributed by atoms with Gasteiger partial charge < -0.3 is 5.32 Å². The molecule has 6 heteroatoms. The number of carbonyl (C=O) groups is 1. The second-order valence-electron chi connectivity index (χ2n) is 7.46. The lowest BCUT2D eigenvalue weighted by Crippen LogP contribution is -2.36. The largest absolute Gasteiger partial charge is 0.349 e. The van der Waals surface area contributed by atoms with Crippen LogP contribution in [0.1, 0.15) is 42.5 Å². The molecular weight excluding hydrogens is 398 g/mol. The second kappa shape index (κ2) is 8.05. The summed E-state index contributed by atoms with van der Waals surface area (Å²) >= 11 is 3.29. The molecule has 1 amide bonds. The third kappa shape index (κ3) is 3.82. The minimum absolute atomic E-state index is 0.0143. The molecule has 1 aromatic carbocycles. The number of rotatable bonds is 4. The molecule has 1 saturated carbocycles. The van der Waals surface area contributed by atoms with Gasteiger partial charge in [-0.1, -0.05) is 19.3 Å². The van der Waals surface area contributed by atoms with Crippen molar-refractivity contribution in [3.63, 3.8) is 0 Å². The molecule has 3 aromatic heterocycles. The zero-order valence-corrected chi connectivity index (χ0v) is 17.6. The van der Waals surface area contributed by atoms with Crippen molar-refractivity contribution in [2.75, 3.05) is 0 Å². The van der Waals surface area contributed by atoms with E-state index in [0.29, 0.717) is 11.6 Å². The fourth-order valence-electron chi connectivity index (χ4n) is 3.91. The van der Waals surface area contributed by atoms with Crippen molar-refractivity contribution < 1.29 is 4.79 Å². The van der Waals surface area contributed by atoms with Crippen molar-refractivity contribution in [2.45, 2.75) is 38.1 Å². The molecule has 4 aromatic rings. The Bertz CT molecular complexity index is 1130. The number of fused-ring (bicyclic) bond motifs is 1. The minimum Gasteiger partial charge on any atom is -0.349 e. The van der Waals surface area contributed by atoms with Crippen LogP contribution in [0.25, 0.3) is 33.5 Å². The molecule has 0 aliphatic heterocycles. The topological polar surface area (TPSA) is 54.9 Å². The van der Waals surface area contributed by atoms with Crippen LogP contribution in [0.2, 0.25) is 0 Å². The highest BCUT2D eigenvalue weighted by atomic mass is 32.1. The van der Waals surface area contributed by atoms with Gasteiger partial charge in [-0.25, -0.2) is 9.97 Å². The number of nitrogens with one attached hydrogen (secondary N) is 1. The van der Waals surface area contributed by atoms with Gasteiger partial charge in [0.1, 0.15) is 0 Å². The lowest BCUT2D eigenvalue weighted by molar-refractivity contribution is 0.0928. The van der Waals surface area contributed by atoms with Crippen molar-refractivity contribution in [3.8, 4) is 22.5 Å². The molecule has 0 spiro atoms. The van der Waals surface area contributed by atoms with Crippen molar-refractivity contribution in [1.82, 2.24) is 15.3 Å². The summed E-state index contributed by atoms with van der Waals surface area (Å²) in [5, 5.41) is 11.5. The predicted octanol–water partition coefficient (Wildman–Crippen LogP) is 6.15. The van der Waals surface area contributed by atoms with Crippen molar-refractivity contribution in [3.05, 3.63) is 57.4 Å². The number of thiophene rings is 2. The van der Waals surface area contributed by atoms with E-state index in [4.69, 9.17) is 9.97 Å². The third-order valence-corrected chi connectivity index (χ3v) is 6.82. The van der Waals surface area contributed by atoms with Crippen LogP contribution in [0.5, 0.6) is 0 Å². The van der Waals surface area contributed by atoms with Crippen LogP contribution in [0.15, 0.2) is 51.9 Å². The van der Waals surface area contributed by atoms with Crippen LogP contribution >= 0.6 is 22.7 Å². The average Bonchev–Trinajstić information content (AvgIpc) is 3.47. The third-order valence-electron chi connectivity index (χ3n) is 5.46. The van der Waals surface area contributed by atoms with Gasteiger partial charge in [0, 0.05) is 33.5 Å².